The lowest BCUT2D eigenvalue weighted by Crippen LogP contribution is -1.94. The van der Waals surface area contributed by atoms with Crippen LogP contribution in [0.1, 0.15) is 15.9 Å². The first-order chi connectivity index (χ1) is 4.22. The molecule has 48 valence electrons. The van der Waals surface area contributed by atoms with Gasteiger partial charge in [0.2, 0.25) is 0 Å². The zero-order chi connectivity index (χ0) is 6.85. The van der Waals surface area contributed by atoms with Crippen LogP contribution in [0, 0.1) is 6.92 Å². The molecule has 0 aliphatic carbocycles. The maximum atomic E-state index is 10.3. The number of hydrogen-bond donors (Lipinski definition) is 1. The van der Waals surface area contributed by atoms with E-state index in [1.807, 2.05) is 5.38 Å². The van der Waals surface area contributed by atoms with Crippen molar-refractivity contribution < 1.29 is 9.90 Å². The van der Waals surface area contributed by atoms with Gasteiger partial charge in [0.25, 0.3) is 0 Å². The molecule has 1 rings (SSSR count). The van der Waals surface area contributed by atoms with Crippen LogP contribution in [0.4, 0.5) is 0 Å². The van der Waals surface area contributed by atoms with Crippen molar-refractivity contribution in [1.29, 1.82) is 0 Å². The summed E-state index contributed by atoms with van der Waals surface area (Å²) in [4.78, 5) is 10.3. The summed E-state index contributed by atoms with van der Waals surface area (Å²) in [5.74, 6) is -0.839. The Morgan fingerprint density at radius 2 is 2.33 bits per heavy atom. The van der Waals surface area contributed by atoms with Gasteiger partial charge in [-0.1, -0.05) is 0 Å². The summed E-state index contributed by atoms with van der Waals surface area (Å²) in [6.07, 6.45) is 0. The Bertz CT molecular complexity index is 227. The minimum atomic E-state index is -0.839. The van der Waals surface area contributed by atoms with Crippen LogP contribution in [0.2, 0.25) is 0 Å². The van der Waals surface area contributed by atoms with Crippen LogP contribution in [-0.4, -0.2) is 11.1 Å². The molecule has 0 saturated heterocycles. The monoisotopic (exact) mass is 142 g/mol. The Balaban J connectivity index is 3.08. The maximum absolute atomic E-state index is 10.3. The van der Waals surface area contributed by atoms with Gasteiger partial charge in [0.05, 0.1) is 5.56 Å². The lowest BCUT2D eigenvalue weighted by atomic mass is 10.2. The van der Waals surface area contributed by atoms with Crippen LogP contribution in [-0.2, 0) is 0 Å². The predicted octanol–water partition coefficient (Wildman–Crippen LogP) is 1.75. The van der Waals surface area contributed by atoms with E-state index < -0.39 is 5.97 Å². The highest BCUT2D eigenvalue weighted by Crippen LogP contribution is 2.12. The molecular weight excluding hydrogens is 136 g/mol. The molecule has 1 aromatic rings. The summed E-state index contributed by atoms with van der Waals surface area (Å²) in [7, 11) is 0. The van der Waals surface area contributed by atoms with Crippen molar-refractivity contribution in [3.8, 4) is 0 Å². The Kier molecular flexibility index (Phi) is 1.53. The zero-order valence-electron chi connectivity index (χ0n) is 4.92. The fourth-order valence-corrected chi connectivity index (χ4v) is 1.40. The molecule has 1 heterocycles. The van der Waals surface area contributed by atoms with Gasteiger partial charge in [0, 0.05) is 5.38 Å². The van der Waals surface area contributed by atoms with Gasteiger partial charge in [0.15, 0.2) is 0 Å². The Hall–Kier alpha value is -0.830. The maximum Gasteiger partial charge on any atom is 0.336 e. The minimum absolute atomic E-state index is 0.417. The van der Waals surface area contributed by atoms with Crippen molar-refractivity contribution in [2.75, 3.05) is 0 Å². The standard InChI is InChI=1S/C6H6O2S/c1-4-2-9-3-5(4)6(7)8/h2-3H,1H3,(H,7,8). The zero-order valence-corrected chi connectivity index (χ0v) is 5.73. The van der Waals surface area contributed by atoms with Gasteiger partial charge in [0.1, 0.15) is 0 Å². The summed E-state index contributed by atoms with van der Waals surface area (Å²) < 4.78 is 0. The minimum Gasteiger partial charge on any atom is -0.478 e. The van der Waals surface area contributed by atoms with Crippen molar-refractivity contribution in [3.05, 3.63) is 21.9 Å². The molecule has 0 spiro atoms. The summed E-state index contributed by atoms with van der Waals surface area (Å²) in [6, 6.07) is 0. The van der Waals surface area contributed by atoms with Gasteiger partial charge in [-0.2, -0.15) is 11.3 Å². The van der Waals surface area contributed by atoms with Crippen LogP contribution in [0.15, 0.2) is 10.8 Å². The molecule has 1 N–H and O–H groups in total. The highest BCUT2D eigenvalue weighted by atomic mass is 32.1. The van der Waals surface area contributed by atoms with E-state index in [1.54, 1.807) is 12.3 Å². The normalized spacial score (nSPS) is 9.44. The first kappa shape index (κ1) is 6.29. The fraction of sp³-hybridized carbons (Fsp3) is 0.167. The molecule has 0 atom stereocenters. The topological polar surface area (TPSA) is 37.3 Å². The van der Waals surface area contributed by atoms with Crippen molar-refractivity contribution in [2.45, 2.75) is 6.92 Å². The molecule has 3 heteroatoms. The summed E-state index contributed by atoms with van der Waals surface area (Å²) in [5.41, 5.74) is 1.26. The molecule has 0 amide bonds. The third-order valence-electron chi connectivity index (χ3n) is 1.09. The molecule has 0 saturated carbocycles. The predicted molar refractivity (Wildman–Crippen MR) is 36.0 cm³/mol. The average molecular weight is 142 g/mol. The lowest BCUT2D eigenvalue weighted by molar-refractivity contribution is 0.0697. The number of rotatable bonds is 1. The van der Waals surface area contributed by atoms with Gasteiger partial charge >= 0.3 is 5.97 Å². The molecule has 2 nitrogen and oxygen atoms in total. The number of carbonyl (C=O) groups is 1. The number of thiophene rings is 1. The average Bonchev–Trinajstić information content (AvgIpc) is 2.13. The lowest BCUT2D eigenvalue weighted by Gasteiger charge is -1.86. The van der Waals surface area contributed by atoms with E-state index in [0.717, 1.165) is 5.56 Å². The fourth-order valence-electron chi connectivity index (χ4n) is 0.580. The van der Waals surface area contributed by atoms with Gasteiger partial charge < -0.3 is 5.11 Å². The van der Waals surface area contributed by atoms with Crippen molar-refractivity contribution in [1.82, 2.24) is 0 Å². The highest BCUT2D eigenvalue weighted by molar-refractivity contribution is 7.08. The van der Waals surface area contributed by atoms with Gasteiger partial charge in [-0.25, -0.2) is 4.79 Å². The van der Waals surface area contributed by atoms with E-state index >= 15 is 0 Å². The summed E-state index contributed by atoms with van der Waals surface area (Å²) >= 11 is 1.41. The van der Waals surface area contributed by atoms with E-state index in [9.17, 15) is 4.79 Å². The Labute approximate surface area is 56.8 Å². The smallest absolute Gasteiger partial charge is 0.336 e. The quantitative estimate of drug-likeness (QED) is 0.648. The van der Waals surface area contributed by atoms with E-state index in [1.165, 1.54) is 11.3 Å². The molecule has 0 radical (unpaired) electrons. The number of carboxylic acid groups (broad SMARTS) is 1. The second-order valence-electron chi connectivity index (χ2n) is 1.77. The number of aryl methyl sites for hydroxylation is 1. The van der Waals surface area contributed by atoms with Crippen molar-refractivity contribution >= 4 is 17.3 Å². The first-order valence-corrected chi connectivity index (χ1v) is 3.42. The van der Waals surface area contributed by atoms with Crippen LogP contribution in [0.5, 0.6) is 0 Å². The SMILES string of the molecule is Cc1cscc1C(=O)O. The highest BCUT2D eigenvalue weighted by Gasteiger charge is 2.05. The second-order valence-corrected chi connectivity index (χ2v) is 2.52. The molecule has 1 aromatic heterocycles. The van der Waals surface area contributed by atoms with Crippen molar-refractivity contribution in [3.63, 3.8) is 0 Å². The third kappa shape index (κ3) is 1.10. The van der Waals surface area contributed by atoms with Gasteiger partial charge in [-0.3, -0.25) is 0 Å². The van der Waals surface area contributed by atoms with E-state index in [0.29, 0.717) is 5.56 Å². The molecule has 0 aliphatic rings. The van der Waals surface area contributed by atoms with Crippen LogP contribution in [0.25, 0.3) is 0 Å². The molecule has 9 heavy (non-hydrogen) atoms. The number of aromatic carboxylic acids is 1. The van der Waals surface area contributed by atoms with Gasteiger partial charge in [-0.05, 0) is 17.9 Å². The van der Waals surface area contributed by atoms with Crippen LogP contribution >= 0.6 is 11.3 Å². The van der Waals surface area contributed by atoms with E-state index in [-0.39, 0.29) is 0 Å². The van der Waals surface area contributed by atoms with Gasteiger partial charge in [-0.15, -0.1) is 0 Å². The number of hydrogen-bond acceptors (Lipinski definition) is 2. The van der Waals surface area contributed by atoms with E-state index in [2.05, 4.69) is 0 Å². The van der Waals surface area contributed by atoms with Crippen LogP contribution < -0.4 is 0 Å². The Morgan fingerprint density at radius 1 is 1.67 bits per heavy atom. The molecule has 0 bridgehead atoms. The molecule has 0 aliphatic heterocycles. The second kappa shape index (κ2) is 2.19. The van der Waals surface area contributed by atoms with Crippen LogP contribution in [0.3, 0.4) is 0 Å². The number of carboxylic acids is 1. The summed E-state index contributed by atoms with van der Waals surface area (Å²) in [5, 5.41) is 11.9. The molecular formula is C6H6O2S. The molecule has 0 aromatic carbocycles. The largest absolute Gasteiger partial charge is 0.478 e. The molecule has 0 unspecified atom stereocenters. The molecule has 0 fully saturated rings. The van der Waals surface area contributed by atoms with E-state index in [4.69, 9.17) is 5.11 Å². The third-order valence-corrected chi connectivity index (χ3v) is 1.95. The summed E-state index contributed by atoms with van der Waals surface area (Å²) in [6.45, 7) is 1.79. The van der Waals surface area contributed by atoms with Crippen molar-refractivity contribution in [2.24, 2.45) is 0 Å². The Morgan fingerprint density at radius 3 is 2.56 bits per heavy atom. The first-order valence-electron chi connectivity index (χ1n) is 2.48.